The first-order chi connectivity index (χ1) is 16.6. The molecule has 0 aliphatic carbocycles. The molecular formula is C23H21F3N4O5. The molecule has 9 nitrogen and oxygen atoms in total. The van der Waals surface area contributed by atoms with E-state index in [0.29, 0.717) is 32.0 Å². The predicted octanol–water partition coefficient (Wildman–Crippen LogP) is 2.96. The van der Waals surface area contributed by atoms with E-state index in [9.17, 15) is 27.6 Å². The van der Waals surface area contributed by atoms with Gasteiger partial charge in [0.05, 0.1) is 35.5 Å². The van der Waals surface area contributed by atoms with Crippen molar-refractivity contribution < 1.29 is 32.2 Å². The number of halogens is 3. The number of amides is 1. The maximum atomic E-state index is 13.3. The first-order valence-corrected chi connectivity index (χ1v) is 10.7. The number of nitrogens with one attached hydrogen (secondary N) is 2. The molecule has 0 bridgehead atoms. The maximum absolute atomic E-state index is 13.3. The first-order valence-electron chi connectivity index (χ1n) is 10.7. The number of hydrogen-bond donors (Lipinski definition) is 2. The zero-order chi connectivity index (χ0) is 25.2. The summed E-state index contributed by atoms with van der Waals surface area (Å²) < 4.78 is 50.4. The summed E-state index contributed by atoms with van der Waals surface area (Å²) in [5.41, 5.74) is -1.31. The lowest BCUT2D eigenvalue weighted by atomic mass is 10.1. The number of benzene rings is 2. The Hall–Kier alpha value is -3.93. The van der Waals surface area contributed by atoms with Crippen LogP contribution in [0.15, 0.2) is 47.3 Å². The van der Waals surface area contributed by atoms with E-state index in [1.165, 1.54) is 25.1 Å². The van der Waals surface area contributed by atoms with E-state index < -0.39 is 35.3 Å². The van der Waals surface area contributed by atoms with Crippen molar-refractivity contribution in [1.82, 2.24) is 10.2 Å². The molecule has 2 heterocycles. The smallest absolute Gasteiger partial charge is 0.416 e. The lowest BCUT2D eigenvalue weighted by Gasteiger charge is -2.31. The molecule has 1 atom stereocenters. The molecule has 2 N–H and O–H groups in total. The fourth-order valence-corrected chi connectivity index (χ4v) is 3.67. The lowest BCUT2D eigenvalue weighted by Crippen LogP contribution is -2.37. The summed E-state index contributed by atoms with van der Waals surface area (Å²) >= 11 is 0. The molecule has 1 fully saturated rings. The normalized spacial score (nSPS) is 15.0. The van der Waals surface area contributed by atoms with Crippen LogP contribution >= 0.6 is 0 Å². The van der Waals surface area contributed by atoms with Gasteiger partial charge in [0, 0.05) is 18.5 Å². The molecule has 35 heavy (non-hydrogen) atoms. The summed E-state index contributed by atoms with van der Waals surface area (Å²) in [4.78, 5) is 39.2. The SMILES string of the molecule is C[C@H](OC(=O)c1n[nH]c(=O)c2ccccc12)C(=O)Nc1cc(C(F)(F)F)ccc1N1CCOCC1. The Balaban J connectivity index is 1.56. The number of carbonyl (C=O) groups excluding carboxylic acids is 2. The molecule has 4 rings (SSSR count). The van der Waals surface area contributed by atoms with Gasteiger partial charge in [-0.3, -0.25) is 9.59 Å². The molecular weight excluding hydrogens is 469 g/mol. The Kier molecular flexibility index (Phi) is 6.74. The monoisotopic (exact) mass is 490 g/mol. The molecule has 1 saturated heterocycles. The number of aromatic amines is 1. The second kappa shape index (κ2) is 9.74. The molecule has 12 heteroatoms. The number of H-pyrrole nitrogens is 1. The van der Waals surface area contributed by atoms with Crippen LogP contribution in [0.5, 0.6) is 0 Å². The number of hydrogen-bond acceptors (Lipinski definition) is 7. The number of esters is 1. The molecule has 0 radical (unpaired) electrons. The average molecular weight is 490 g/mol. The quantitative estimate of drug-likeness (QED) is 0.529. The van der Waals surface area contributed by atoms with Crippen LogP contribution in [0.1, 0.15) is 23.0 Å². The standard InChI is InChI=1S/C23H21F3N4O5/c1-13(35-22(33)19-15-4-2-3-5-16(15)21(32)29-28-19)20(31)27-17-12-14(23(24,25)26)6-7-18(17)30-8-10-34-11-9-30/h2-7,12-13H,8-11H2,1H3,(H,27,31)(H,29,32)/t13-/m0/s1. The van der Waals surface area contributed by atoms with Crippen molar-refractivity contribution >= 4 is 34.0 Å². The van der Waals surface area contributed by atoms with Gasteiger partial charge in [-0.05, 0) is 31.2 Å². The number of nitrogens with zero attached hydrogens (tertiary/aromatic N) is 2. The first kappa shape index (κ1) is 24.2. The third-order valence-electron chi connectivity index (χ3n) is 5.48. The molecule has 184 valence electrons. The van der Waals surface area contributed by atoms with E-state index in [0.717, 1.165) is 12.1 Å². The highest BCUT2D eigenvalue weighted by molar-refractivity contribution is 6.04. The van der Waals surface area contributed by atoms with Crippen LogP contribution in [0.3, 0.4) is 0 Å². The number of carbonyl (C=O) groups is 2. The van der Waals surface area contributed by atoms with Crippen molar-refractivity contribution in [3.8, 4) is 0 Å². The van der Waals surface area contributed by atoms with Gasteiger partial charge in [0.1, 0.15) is 0 Å². The highest BCUT2D eigenvalue weighted by Crippen LogP contribution is 2.36. The second-order valence-electron chi connectivity index (χ2n) is 7.81. The second-order valence-corrected chi connectivity index (χ2v) is 7.81. The molecule has 1 aliphatic rings. The van der Waals surface area contributed by atoms with Gasteiger partial charge in [0.25, 0.3) is 11.5 Å². The Morgan fingerprint density at radius 2 is 1.83 bits per heavy atom. The summed E-state index contributed by atoms with van der Waals surface area (Å²) in [5.74, 6) is -1.81. The van der Waals surface area contributed by atoms with Crippen LogP contribution in [0.4, 0.5) is 24.5 Å². The van der Waals surface area contributed by atoms with E-state index in [4.69, 9.17) is 9.47 Å². The zero-order valence-electron chi connectivity index (χ0n) is 18.5. The van der Waals surface area contributed by atoms with Crippen LogP contribution in [-0.4, -0.2) is 54.5 Å². The van der Waals surface area contributed by atoms with E-state index >= 15 is 0 Å². The Labute approximate surface area is 196 Å². The van der Waals surface area contributed by atoms with Crippen molar-refractivity contribution in [2.45, 2.75) is 19.2 Å². The minimum atomic E-state index is -4.61. The molecule has 1 aromatic heterocycles. The number of ether oxygens (including phenoxy) is 2. The summed E-state index contributed by atoms with van der Waals surface area (Å²) in [6.45, 7) is 2.93. The van der Waals surface area contributed by atoms with Crippen LogP contribution in [0.25, 0.3) is 10.8 Å². The predicted molar refractivity (Wildman–Crippen MR) is 120 cm³/mol. The Morgan fingerprint density at radius 1 is 1.14 bits per heavy atom. The van der Waals surface area contributed by atoms with E-state index in [1.54, 1.807) is 17.0 Å². The minimum Gasteiger partial charge on any atom is -0.448 e. The summed E-state index contributed by atoms with van der Waals surface area (Å²) in [7, 11) is 0. The molecule has 0 unspecified atom stereocenters. The molecule has 0 spiro atoms. The van der Waals surface area contributed by atoms with Gasteiger partial charge in [0.15, 0.2) is 11.8 Å². The third kappa shape index (κ3) is 5.27. The van der Waals surface area contributed by atoms with Crippen molar-refractivity contribution in [3.63, 3.8) is 0 Å². The van der Waals surface area contributed by atoms with E-state index in [2.05, 4.69) is 15.5 Å². The molecule has 0 saturated carbocycles. The van der Waals surface area contributed by atoms with E-state index in [-0.39, 0.29) is 22.2 Å². The molecule has 1 amide bonds. The van der Waals surface area contributed by atoms with Crippen LogP contribution in [0, 0.1) is 0 Å². The minimum absolute atomic E-state index is 0.0674. The number of rotatable bonds is 5. The highest BCUT2D eigenvalue weighted by Gasteiger charge is 2.32. The number of aromatic nitrogens is 2. The van der Waals surface area contributed by atoms with Crippen molar-refractivity contribution in [2.75, 3.05) is 36.5 Å². The van der Waals surface area contributed by atoms with Gasteiger partial charge in [0.2, 0.25) is 0 Å². The van der Waals surface area contributed by atoms with Gasteiger partial charge in [-0.2, -0.15) is 18.3 Å². The Bertz CT molecular complexity index is 1320. The lowest BCUT2D eigenvalue weighted by molar-refractivity contribution is -0.137. The van der Waals surface area contributed by atoms with Gasteiger partial charge >= 0.3 is 12.1 Å². The fraction of sp³-hybridized carbons (Fsp3) is 0.304. The number of fused-ring (bicyclic) bond motifs is 1. The molecule has 3 aromatic rings. The van der Waals surface area contributed by atoms with Crippen LogP contribution < -0.4 is 15.8 Å². The summed E-state index contributed by atoms with van der Waals surface area (Å²) in [6, 6.07) is 9.31. The van der Waals surface area contributed by atoms with Gasteiger partial charge < -0.3 is 19.7 Å². The zero-order valence-corrected chi connectivity index (χ0v) is 18.5. The maximum Gasteiger partial charge on any atom is 0.416 e. The van der Waals surface area contributed by atoms with E-state index in [1.807, 2.05) is 0 Å². The number of anilines is 2. The van der Waals surface area contributed by atoms with Gasteiger partial charge in [-0.15, -0.1) is 0 Å². The topological polar surface area (TPSA) is 114 Å². The average Bonchev–Trinajstić information content (AvgIpc) is 2.84. The largest absolute Gasteiger partial charge is 0.448 e. The van der Waals surface area contributed by atoms with Crippen LogP contribution in [0.2, 0.25) is 0 Å². The summed E-state index contributed by atoms with van der Waals surface area (Å²) in [6.07, 6.45) is -5.99. The molecule has 1 aliphatic heterocycles. The highest BCUT2D eigenvalue weighted by atomic mass is 19.4. The van der Waals surface area contributed by atoms with Crippen molar-refractivity contribution in [1.29, 1.82) is 0 Å². The fourth-order valence-electron chi connectivity index (χ4n) is 3.67. The number of alkyl halides is 3. The van der Waals surface area contributed by atoms with Gasteiger partial charge in [-0.25, -0.2) is 9.89 Å². The van der Waals surface area contributed by atoms with Crippen LogP contribution in [-0.2, 0) is 20.4 Å². The summed E-state index contributed by atoms with van der Waals surface area (Å²) in [5, 5.41) is 8.83. The third-order valence-corrected chi connectivity index (χ3v) is 5.48. The van der Waals surface area contributed by atoms with Gasteiger partial charge in [-0.1, -0.05) is 18.2 Å². The van der Waals surface area contributed by atoms with Crippen molar-refractivity contribution in [3.05, 3.63) is 64.1 Å². The number of morpholine rings is 1. The van der Waals surface area contributed by atoms with Crippen molar-refractivity contribution in [2.24, 2.45) is 0 Å². The molecule has 2 aromatic carbocycles. The Morgan fingerprint density at radius 3 is 2.51 bits per heavy atom.